The number of rotatable bonds is 21. The average molecular weight is 701 g/mol. The van der Waals surface area contributed by atoms with Crippen LogP contribution in [0.1, 0.15) is 32.4 Å². The first-order valence-electron chi connectivity index (χ1n) is 16.4. The van der Waals surface area contributed by atoms with Gasteiger partial charge in [0.25, 0.3) is 0 Å². The van der Waals surface area contributed by atoms with Gasteiger partial charge in [0.1, 0.15) is 22.4 Å². The SMILES string of the molecule is CNC(=O)CCOCCOCCOCCOCCOCc1cn(CCC(C)C)nn1.O=c1cc(-c2ccccc2)oc2cc(O)c(O)c(O)c12. The monoisotopic (exact) mass is 700 g/mol. The van der Waals surface area contributed by atoms with Gasteiger partial charge in [-0.3, -0.25) is 14.3 Å². The topological polar surface area (TPSA) is 197 Å². The van der Waals surface area contributed by atoms with Crippen molar-refractivity contribution in [3.8, 4) is 28.6 Å². The Hall–Kier alpha value is -4.54. The highest BCUT2D eigenvalue weighted by Crippen LogP contribution is 2.40. The summed E-state index contributed by atoms with van der Waals surface area (Å²) in [5.41, 5.74) is 1.03. The Labute approximate surface area is 290 Å². The van der Waals surface area contributed by atoms with E-state index < -0.39 is 22.7 Å². The van der Waals surface area contributed by atoms with E-state index in [4.69, 9.17) is 28.1 Å². The van der Waals surface area contributed by atoms with Crippen LogP contribution in [0.15, 0.2) is 57.9 Å². The number of aromatic nitrogens is 3. The van der Waals surface area contributed by atoms with Crippen LogP contribution < -0.4 is 10.7 Å². The standard InChI is InChI=1S/C20H38N4O6.C15H10O5/c1-18(2)4-6-24-16-19(22-23-24)17-30-15-14-29-13-12-28-11-10-27-9-8-26-7-5-20(25)21-3;16-9-6-11(8-4-2-1-3-5-8)20-12-7-10(17)14(18)15(19)13(9)12/h16,18H,4-15,17H2,1-3H3,(H,21,25);1-7,17-19H. The van der Waals surface area contributed by atoms with Crippen LogP contribution in [0.5, 0.6) is 17.2 Å². The molecule has 0 saturated carbocycles. The van der Waals surface area contributed by atoms with Gasteiger partial charge in [0.2, 0.25) is 11.7 Å². The van der Waals surface area contributed by atoms with Crippen LogP contribution in [0.25, 0.3) is 22.3 Å². The van der Waals surface area contributed by atoms with Gasteiger partial charge >= 0.3 is 0 Å². The second-order valence-corrected chi connectivity index (χ2v) is 11.4. The summed E-state index contributed by atoms with van der Waals surface area (Å²) in [6, 6.07) is 11.3. The van der Waals surface area contributed by atoms with Crippen LogP contribution in [0.4, 0.5) is 0 Å². The summed E-state index contributed by atoms with van der Waals surface area (Å²) < 4.78 is 34.4. The van der Waals surface area contributed by atoms with Crippen LogP contribution in [0, 0.1) is 5.92 Å². The minimum absolute atomic E-state index is 0.00385. The van der Waals surface area contributed by atoms with E-state index in [-0.39, 0.29) is 16.9 Å². The van der Waals surface area contributed by atoms with Gasteiger partial charge in [-0.25, -0.2) is 0 Å². The molecule has 0 fully saturated rings. The summed E-state index contributed by atoms with van der Waals surface area (Å²) in [6.45, 7) is 10.1. The molecule has 15 nitrogen and oxygen atoms in total. The first-order valence-corrected chi connectivity index (χ1v) is 16.4. The van der Waals surface area contributed by atoms with E-state index in [1.54, 1.807) is 31.3 Å². The Morgan fingerprint density at radius 3 is 2.06 bits per heavy atom. The molecular weight excluding hydrogens is 652 g/mol. The van der Waals surface area contributed by atoms with E-state index >= 15 is 0 Å². The van der Waals surface area contributed by atoms with Crippen LogP contribution >= 0.6 is 0 Å². The number of phenolic OH excluding ortho intramolecular Hbond substituents is 3. The lowest BCUT2D eigenvalue weighted by atomic mass is 10.1. The highest BCUT2D eigenvalue weighted by atomic mass is 16.6. The van der Waals surface area contributed by atoms with Gasteiger partial charge < -0.3 is 48.7 Å². The first kappa shape index (κ1) is 39.9. The summed E-state index contributed by atoms with van der Waals surface area (Å²) in [5, 5.41) is 39.2. The van der Waals surface area contributed by atoms with Crippen molar-refractivity contribution in [1.82, 2.24) is 20.3 Å². The second kappa shape index (κ2) is 22.2. The van der Waals surface area contributed by atoms with Gasteiger partial charge in [0, 0.05) is 37.7 Å². The number of nitrogens with one attached hydrogen (secondary N) is 1. The summed E-state index contributed by atoms with van der Waals surface area (Å²) in [4.78, 5) is 23.0. The van der Waals surface area contributed by atoms with Crippen LogP contribution in [0.3, 0.4) is 0 Å². The highest BCUT2D eigenvalue weighted by Gasteiger charge is 2.17. The van der Waals surface area contributed by atoms with Crippen molar-refractivity contribution in [3.63, 3.8) is 0 Å². The van der Waals surface area contributed by atoms with Crippen molar-refractivity contribution in [2.24, 2.45) is 5.92 Å². The smallest absolute Gasteiger partial charge is 0.222 e. The summed E-state index contributed by atoms with van der Waals surface area (Å²) in [7, 11) is 1.61. The fourth-order valence-electron chi connectivity index (χ4n) is 4.27. The average Bonchev–Trinajstić information content (AvgIpc) is 3.57. The van der Waals surface area contributed by atoms with E-state index in [2.05, 4.69) is 29.5 Å². The zero-order valence-corrected chi connectivity index (χ0v) is 28.8. The number of aromatic hydroxyl groups is 3. The second-order valence-electron chi connectivity index (χ2n) is 11.4. The van der Waals surface area contributed by atoms with Crippen molar-refractivity contribution in [1.29, 1.82) is 0 Å². The molecule has 2 aromatic carbocycles. The maximum absolute atomic E-state index is 12.0. The predicted octanol–water partition coefficient (Wildman–Crippen LogP) is 3.62. The van der Waals surface area contributed by atoms with Gasteiger partial charge in [-0.15, -0.1) is 5.10 Å². The molecule has 15 heteroatoms. The fraction of sp³-hybridized carbons (Fsp3) is 0.486. The maximum atomic E-state index is 12.0. The molecule has 0 aliphatic heterocycles. The zero-order chi connectivity index (χ0) is 36.1. The van der Waals surface area contributed by atoms with Crippen molar-refractivity contribution in [2.45, 2.75) is 39.8 Å². The lowest BCUT2D eigenvalue weighted by Crippen LogP contribution is -2.20. The molecule has 2 aromatic heterocycles. The maximum Gasteiger partial charge on any atom is 0.222 e. The number of carbonyl (C=O) groups excluding carboxylic acids is 1. The Balaban J connectivity index is 0.000000290. The number of fused-ring (bicyclic) bond motifs is 1. The van der Waals surface area contributed by atoms with Gasteiger partial charge in [-0.2, -0.15) is 0 Å². The molecular formula is C35H48N4O11. The Bertz CT molecular complexity index is 1630. The number of hydrogen-bond acceptors (Lipinski definition) is 13. The summed E-state index contributed by atoms with van der Waals surface area (Å²) in [5.74, 6) is -1.05. The molecule has 4 N–H and O–H groups in total. The van der Waals surface area contributed by atoms with Crippen molar-refractivity contribution in [3.05, 3.63) is 64.6 Å². The predicted molar refractivity (Wildman–Crippen MR) is 184 cm³/mol. The van der Waals surface area contributed by atoms with Gasteiger partial charge in [-0.1, -0.05) is 49.4 Å². The van der Waals surface area contributed by atoms with Crippen LogP contribution in [-0.2, 0) is 41.6 Å². The molecule has 0 atom stereocenters. The highest BCUT2D eigenvalue weighted by molar-refractivity contribution is 5.89. The Morgan fingerprint density at radius 2 is 1.46 bits per heavy atom. The molecule has 0 radical (unpaired) electrons. The van der Waals surface area contributed by atoms with Gasteiger partial charge in [-0.05, 0) is 12.3 Å². The van der Waals surface area contributed by atoms with Crippen LogP contribution in [-0.4, -0.2) is 103 Å². The normalized spacial score (nSPS) is 11.1. The summed E-state index contributed by atoms with van der Waals surface area (Å²) in [6.07, 6.45) is 3.38. The number of hydrogen-bond donors (Lipinski definition) is 4. The van der Waals surface area contributed by atoms with Crippen molar-refractivity contribution in [2.75, 3.05) is 66.5 Å². The molecule has 4 aromatic rings. The zero-order valence-electron chi connectivity index (χ0n) is 28.8. The minimum Gasteiger partial charge on any atom is -0.504 e. The molecule has 0 unspecified atom stereocenters. The van der Waals surface area contributed by atoms with E-state index in [1.165, 1.54) is 6.07 Å². The lowest BCUT2D eigenvalue weighted by Gasteiger charge is -2.07. The van der Waals surface area contributed by atoms with Gasteiger partial charge in [0.05, 0.1) is 72.3 Å². The molecule has 1 amide bonds. The molecule has 0 saturated heterocycles. The number of ether oxygens (including phenoxy) is 5. The van der Waals surface area contributed by atoms with E-state index in [9.17, 15) is 24.9 Å². The molecule has 0 aliphatic rings. The number of phenols is 3. The number of benzene rings is 2. The molecule has 0 spiro atoms. The molecule has 4 rings (SSSR count). The lowest BCUT2D eigenvalue weighted by molar-refractivity contribution is -0.121. The molecule has 0 aliphatic carbocycles. The van der Waals surface area contributed by atoms with Crippen molar-refractivity contribution < 1.29 is 48.2 Å². The molecule has 0 bridgehead atoms. The number of amides is 1. The van der Waals surface area contributed by atoms with E-state index in [1.807, 2.05) is 16.9 Å². The quantitative estimate of drug-likeness (QED) is 0.0727. The van der Waals surface area contributed by atoms with Crippen LogP contribution in [0.2, 0.25) is 0 Å². The Kier molecular flexibility index (Phi) is 17.7. The van der Waals surface area contributed by atoms with E-state index in [0.717, 1.165) is 24.7 Å². The first-order chi connectivity index (χ1) is 24.2. The Morgan fingerprint density at radius 1 is 0.860 bits per heavy atom. The van der Waals surface area contributed by atoms with Gasteiger partial charge in [0.15, 0.2) is 16.9 Å². The van der Waals surface area contributed by atoms with Crippen molar-refractivity contribution >= 4 is 16.9 Å². The molecule has 50 heavy (non-hydrogen) atoms. The number of carbonyl (C=O) groups is 1. The van der Waals surface area contributed by atoms with E-state index in [0.29, 0.717) is 89.7 Å². The third-order valence-electron chi connectivity index (χ3n) is 7.02. The minimum atomic E-state index is -0.739. The number of nitrogens with zero attached hydrogens (tertiary/aromatic N) is 3. The summed E-state index contributed by atoms with van der Waals surface area (Å²) >= 11 is 0. The number of aryl methyl sites for hydroxylation is 1. The largest absolute Gasteiger partial charge is 0.504 e. The third-order valence-corrected chi connectivity index (χ3v) is 7.02. The third kappa shape index (κ3) is 14.1. The fourth-order valence-corrected chi connectivity index (χ4v) is 4.27. The molecule has 274 valence electrons. The molecule has 2 heterocycles.